The molecule has 0 aromatic heterocycles. The third-order valence-corrected chi connectivity index (χ3v) is 4.29. The molecule has 0 saturated carbocycles. The second-order valence-electron chi connectivity index (χ2n) is 4.39. The van der Waals surface area contributed by atoms with Crippen LogP contribution in [-0.2, 0) is 29.1 Å². The number of ether oxygens (including phenoxy) is 2. The summed E-state index contributed by atoms with van der Waals surface area (Å²) in [6.45, 7) is 1.40. The van der Waals surface area contributed by atoms with Crippen LogP contribution in [0.1, 0.15) is 12.0 Å². The molecule has 0 unspecified atom stereocenters. The Balaban J connectivity index is 3.06. The summed E-state index contributed by atoms with van der Waals surface area (Å²) in [4.78, 5) is 22.6. The molecular formula is C13H16FNO6S. The highest BCUT2D eigenvalue weighted by Gasteiger charge is 2.29. The van der Waals surface area contributed by atoms with Crippen molar-refractivity contribution in [3.05, 3.63) is 29.6 Å². The van der Waals surface area contributed by atoms with Crippen molar-refractivity contribution in [2.75, 3.05) is 14.2 Å². The Morgan fingerprint density at radius 3 is 2.41 bits per heavy atom. The Hall–Kier alpha value is -2.00. The zero-order valence-electron chi connectivity index (χ0n) is 12.3. The molecule has 0 amide bonds. The second-order valence-corrected chi connectivity index (χ2v) is 6.10. The van der Waals surface area contributed by atoms with Crippen LogP contribution in [0.2, 0.25) is 0 Å². The van der Waals surface area contributed by atoms with Crippen molar-refractivity contribution in [2.24, 2.45) is 0 Å². The van der Waals surface area contributed by atoms with Gasteiger partial charge in [0.15, 0.2) is 0 Å². The maximum atomic E-state index is 13.2. The van der Waals surface area contributed by atoms with Crippen molar-refractivity contribution in [3.8, 4) is 0 Å². The summed E-state index contributed by atoms with van der Waals surface area (Å²) >= 11 is 0. The number of carbonyl (C=O) groups is 2. The predicted molar refractivity (Wildman–Crippen MR) is 73.9 cm³/mol. The maximum Gasteiger partial charge on any atom is 0.324 e. The normalized spacial score (nSPS) is 12.5. The molecule has 7 nitrogen and oxygen atoms in total. The molecule has 0 radical (unpaired) electrons. The van der Waals surface area contributed by atoms with Crippen LogP contribution < -0.4 is 4.72 Å². The number of hydrogen-bond acceptors (Lipinski definition) is 6. The average Bonchev–Trinajstić information content (AvgIpc) is 2.47. The number of aryl methyl sites for hydroxylation is 1. The van der Waals surface area contributed by atoms with Crippen molar-refractivity contribution >= 4 is 22.0 Å². The molecule has 0 fully saturated rings. The molecule has 9 heteroatoms. The van der Waals surface area contributed by atoms with Gasteiger partial charge in [-0.2, -0.15) is 4.72 Å². The molecule has 0 aliphatic heterocycles. The van der Waals surface area contributed by atoms with E-state index in [1.807, 2.05) is 4.72 Å². The highest BCUT2D eigenvalue weighted by atomic mass is 32.2. The summed E-state index contributed by atoms with van der Waals surface area (Å²) in [6.07, 6.45) is -0.525. The van der Waals surface area contributed by atoms with Crippen LogP contribution in [0.5, 0.6) is 0 Å². The number of sulfonamides is 1. The van der Waals surface area contributed by atoms with E-state index in [9.17, 15) is 22.4 Å². The van der Waals surface area contributed by atoms with Gasteiger partial charge >= 0.3 is 11.9 Å². The van der Waals surface area contributed by atoms with Gasteiger partial charge in [0.25, 0.3) is 0 Å². The first-order valence-corrected chi connectivity index (χ1v) is 7.62. The average molecular weight is 333 g/mol. The molecule has 0 aliphatic rings. The Morgan fingerprint density at radius 1 is 1.27 bits per heavy atom. The van der Waals surface area contributed by atoms with Crippen LogP contribution in [0.25, 0.3) is 0 Å². The fourth-order valence-electron chi connectivity index (χ4n) is 1.61. The minimum absolute atomic E-state index is 0.130. The lowest BCUT2D eigenvalue weighted by molar-refractivity contribution is -0.149. The lowest BCUT2D eigenvalue weighted by Gasteiger charge is -2.15. The predicted octanol–water partition coefficient (Wildman–Crippen LogP) is 0.517. The summed E-state index contributed by atoms with van der Waals surface area (Å²) in [5, 5.41) is 0. The lowest BCUT2D eigenvalue weighted by Crippen LogP contribution is -2.43. The first-order valence-electron chi connectivity index (χ1n) is 6.14. The molecule has 22 heavy (non-hydrogen) atoms. The number of methoxy groups -OCH3 is 2. The van der Waals surface area contributed by atoms with Gasteiger partial charge in [0.2, 0.25) is 10.0 Å². The maximum absolute atomic E-state index is 13.2. The zero-order chi connectivity index (χ0) is 16.9. The van der Waals surface area contributed by atoms with Crippen molar-refractivity contribution in [3.63, 3.8) is 0 Å². The van der Waals surface area contributed by atoms with Crippen LogP contribution >= 0.6 is 0 Å². The molecular weight excluding hydrogens is 317 g/mol. The van der Waals surface area contributed by atoms with Crippen LogP contribution in [0.4, 0.5) is 4.39 Å². The fraction of sp³-hybridized carbons (Fsp3) is 0.385. The molecule has 1 N–H and O–H groups in total. The van der Waals surface area contributed by atoms with Gasteiger partial charge in [0.1, 0.15) is 11.9 Å². The van der Waals surface area contributed by atoms with Crippen LogP contribution in [0.15, 0.2) is 23.1 Å². The number of carbonyl (C=O) groups excluding carboxylic acids is 2. The summed E-state index contributed by atoms with van der Waals surface area (Å²) in [5.41, 5.74) is 0.130. The molecule has 122 valence electrons. The van der Waals surface area contributed by atoms with E-state index >= 15 is 0 Å². The lowest BCUT2D eigenvalue weighted by atomic mass is 10.2. The van der Waals surface area contributed by atoms with Crippen LogP contribution in [0, 0.1) is 12.7 Å². The second kappa shape index (κ2) is 7.32. The number of halogens is 1. The molecule has 1 rings (SSSR count). The summed E-state index contributed by atoms with van der Waals surface area (Å²) in [5.74, 6) is -2.28. The van der Waals surface area contributed by atoms with E-state index in [-0.39, 0.29) is 10.5 Å². The van der Waals surface area contributed by atoms with Crippen molar-refractivity contribution in [1.29, 1.82) is 0 Å². The summed E-state index contributed by atoms with van der Waals surface area (Å²) < 4.78 is 48.5. The van der Waals surface area contributed by atoms with Gasteiger partial charge in [-0.3, -0.25) is 9.59 Å². The topological polar surface area (TPSA) is 98.8 Å². The molecule has 0 bridgehead atoms. The Bertz CT molecular complexity index is 673. The van der Waals surface area contributed by atoms with Gasteiger partial charge in [-0.25, -0.2) is 12.8 Å². The molecule has 1 aromatic rings. The third-order valence-electron chi connectivity index (χ3n) is 2.82. The van der Waals surface area contributed by atoms with E-state index in [0.717, 1.165) is 32.4 Å². The molecule has 0 spiro atoms. The molecule has 1 aromatic carbocycles. The van der Waals surface area contributed by atoms with Crippen molar-refractivity contribution < 1.29 is 31.9 Å². The van der Waals surface area contributed by atoms with Gasteiger partial charge in [0.05, 0.1) is 25.5 Å². The fourth-order valence-corrected chi connectivity index (χ4v) is 2.87. The summed E-state index contributed by atoms with van der Waals surface area (Å²) in [7, 11) is -1.97. The SMILES string of the molecule is COC(=O)C[C@@H](NS(=O)(=O)c1ccc(F)c(C)c1)C(=O)OC. The van der Waals surface area contributed by atoms with Crippen molar-refractivity contribution in [2.45, 2.75) is 24.3 Å². The first kappa shape index (κ1) is 18.1. The van der Waals surface area contributed by atoms with E-state index in [0.29, 0.717) is 0 Å². The number of rotatable bonds is 6. The highest BCUT2D eigenvalue weighted by Crippen LogP contribution is 2.15. The Kier molecular flexibility index (Phi) is 6.01. The van der Waals surface area contributed by atoms with Gasteiger partial charge < -0.3 is 9.47 Å². The smallest absolute Gasteiger partial charge is 0.324 e. The number of nitrogens with one attached hydrogen (secondary N) is 1. The zero-order valence-corrected chi connectivity index (χ0v) is 13.1. The van der Waals surface area contributed by atoms with Crippen molar-refractivity contribution in [1.82, 2.24) is 4.72 Å². The number of hydrogen-bond donors (Lipinski definition) is 1. The largest absolute Gasteiger partial charge is 0.469 e. The standard InChI is InChI=1S/C13H16FNO6S/c1-8-6-9(4-5-10(8)14)22(18,19)15-11(13(17)21-3)7-12(16)20-2/h4-6,11,15H,7H2,1-3H3/t11-/m1/s1. The molecule has 0 heterocycles. The Labute approximate surface area is 127 Å². The minimum atomic E-state index is -4.13. The minimum Gasteiger partial charge on any atom is -0.469 e. The van der Waals surface area contributed by atoms with E-state index in [4.69, 9.17) is 0 Å². The molecule has 0 aliphatic carbocycles. The van der Waals surface area contributed by atoms with E-state index < -0.39 is 40.2 Å². The van der Waals surface area contributed by atoms with Gasteiger partial charge in [-0.1, -0.05) is 0 Å². The monoisotopic (exact) mass is 333 g/mol. The quantitative estimate of drug-likeness (QED) is 0.762. The third kappa shape index (κ3) is 4.50. The molecule has 0 saturated heterocycles. The number of benzene rings is 1. The van der Waals surface area contributed by atoms with Gasteiger partial charge in [-0.05, 0) is 30.7 Å². The van der Waals surface area contributed by atoms with E-state index in [2.05, 4.69) is 9.47 Å². The number of esters is 2. The van der Waals surface area contributed by atoms with E-state index in [1.54, 1.807) is 0 Å². The Morgan fingerprint density at radius 2 is 1.91 bits per heavy atom. The first-order chi connectivity index (χ1) is 10.2. The van der Waals surface area contributed by atoms with Gasteiger partial charge in [0, 0.05) is 0 Å². The van der Waals surface area contributed by atoms with Crippen LogP contribution in [-0.4, -0.2) is 40.6 Å². The van der Waals surface area contributed by atoms with Crippen LogP contribution in [0.3, 0.4) is 0 Å². The highest BCUT2D eigenvalue weighted by molar-refractivity contribution is 7.89. The molecule has 1 atom stereocenters. The van der Waals surface area contributed by atoms with Gasteiger partial charge in [-0.15, -0.1) is 0 Å². The van der Waals surface area contributed by atoms with E-state index in [1.165, 1.54) is 6.92 Å². The summed E-state index contributed by atoms with van der Waals surface area (Å²) in [6, 6.07) is 1.73.